The Morgan fingerprint density at radius 2 is 1.78 bits per heavy atom. The highest BCUT2D eigenvalue weighted by Gasteiger charge is 2.43. The molecule has 1 aliphatic rings. The molecule has 0 radical (unpaired) electrons. The summed E-state index contributed by atoms with van der Waals surface area (Å²) in [6.45, 7) is 2.94. The van der Waals surface area contributed by atoms with Gasteiger partial charge < -0.3 is 30.5 Å². The average molecular weight is 328 g/mol. The SMILES string of the molecule is Cc1cc(N[C@@H]2O[C@H](CO)[C@H](O)[C@@H](O)[C@@H]2O)c([N+](=O)[O-])cc1C. The topological polar surface area (TPSA) is 145 Å². The van der Waals surface area contributed by atoms with E-state index in [4.69, 9.17) is 9.84 Å². The number of hydrogen-bond acceptors (Lipinski definition) is 8. The molecule has 128 valence electrons. The first kappa shape index (κ1) is 17.6. The van der Waals surface area contributed by atoms with E-state index in [1.165, 1.54) is 12.1 Å². The van der Waals surface area contributed by atoms with Crippen LogP contribution in [0.4, 0.5) is 11.4 Å². The van der Waals surface area contributed by atoms with Crippen LogP contribution in [0.5, 0.6) is 0 Å². The molecule has 5 N–H and O–H groups in total. The van der Waals surface area contributed by atoms with Crippen molar-refractivity contribution in [1.82, 2.24) is 0 Å². The number of nitro benzene ring substituents is 1. The van der Waals surface area contributed by atoms with Crippen molar-refractivity contribution in [1.29, 1.82) is 0 Å². The first-order valence-electron chi connectivity index (χ1n) is 7.09. The summed E-state index contributed by atoms with van der Waals surface area (Å²) in [4.78, 5) is 10.6. The van der Waals surface area contributed by atoms with Gasteiger partial charge in [-0.25, -0.2) is 0 Å². The number of ether oxygens (including phenoxy) is 1. The molecule has 0 unspecified atom stereocenters. The fraction of sp³-hybridized carbons (Fsp3) is 0.571. The van der Waals surface area contributed by atoms with Crippen LogP contribution in [0.15, 0.2) is 12.1 Å². The summed E-state index contributed by atoms with van der Waals surface area (Å²) in [5.41, 5.74) is 1.44. The number of benzene rings is 1. The Morgan fingerprint density at radius 3 is 2.35 bits per heavy atom. The quantitative estimate of drug-likeness (QED) is 0.365. The number of nitro groups is 1. The third-order valence-corrected chi connectivity index (χ3v) is 4.00. The molecule has 1 fully saturated rings. The maximum atomic E-state index is 11.2. The summed E-state index contributed by atoms with van der Waals surface area (Å²) in [6.07, 6.45) is -6.86. The maximum Gasteiger partial charge on any atom is 0.292 e. The number of nitrogens with zero attached hydrogens (tertiary/aromatic N) is 1. The molecule has 1 heterocycles. The molecule has 9 heteroatoms. The van der Waals surface area contributed by atoms with Gasteiger partial charge in [-0.15, -0.1) is 0 Å². The van der Waals surface area contributed by atoms with E-state index in [-0.39, 0.29) is 11.4 Å². The van der Waals surface area contributed by atoms with Gasteiger partial charge in [0.2, 0.25) is 0 Å². The second-order valence-corrected chi connectivity index (χ2v) is 5.60. The molecule has 0 bridgehead atoms. The van der Waals surface area contributed by atoms with Crippen LogP contribution in [0.25, 0.3) is 0 Å². The van der Waals surface area contributed by atoms with E-state index in [2.05, 4.69) is 5.32 Å². The van der Waals surface area contributed by atoms with Crippen molar-refractivity contribution in [3.63, 3.8) is 0 Å². The lowest BCUT2D eigenvalue weighted by Crippen LogP contribution is -2.60. The zero-order valence-corrected chi connectivity index (χ0v) is 12.7. The van der Waals surface area contributed by atoms with Gasteiger partial charge in [0, 0.05) is 6.07 Å². The smallest absolute Gasteiger partial charge is 0.292 e. The van der Waals surface area contributed by atoms with Crippen molar-refractivity contribution in [2.75, 3.05) is 11.9 Å². The van der Waals surface area contributed by atoms with E-state index >= 15 is 0 Å². The van der Waals surface area contributed by atoms with Gasteiger partial charge in [0.15, 0.2) is 6.23 Å². The predicted octanol–water partition coefficient (Wildman–Crippen LogP) is -0.577. The van der Waals surface area contributed by atoms with E-state index in [9.17, 15) is 25.4 Å². The van der Waals surface area contributed by atoms with Gasteiger partial charge in [-0.3, -0.25) is 10.1 Å². The van der Waals surface area contributed by atoms with Gasteiger partial charge in [-0.2, -0.15) is 0 Å². The molecule has 0 aromatic heterocycles. The molecule has 5 atom stereocenters. The Hall–Kier alpha value is -1.78. The van der Waals surface area contributed by atoms with Gasteiger partial charge in [-0.1, -0.05) is 0 Å². The number of anilines is 1. The van der Waals surface area contributed by atoms with E-state index in [0.717, 1.165) is 11.1 Å². The Morgan fingerprint density at radius 1 is 1.17 bits per heavy atom. The van der Waals surface area contributed by atoms with E-state index in [1.54, 1.807) is 13.8 Å². The van der Waals surface area contributed by atoms with Crippen molar-refractivity contribution in [3.05, 3.63) is 33.4 Å². The van der Waals surface area contributed by atoms with Crippen molar-refractivity contribution in [2.24, 2.45) is 0 Å². The molecule has 1 saturated heterocycles. The molecular weight excluding hydrogens is 308 g/mol. The second-order valence-electron chi connectivity index (χ2n) is 5.60. The van der Waals surface area contributed by atoms with Crippen LogP contribution in [0.3, 0.4) is 0 Å². The molecule has 9 nitrogen and oxygen atoms in total. The standard InChI is InChI=1S/C14H20N2O7/c1-6-3-8(9(16(21)22)4-7(6)2)15-14-13(20)12(19)11(18)10(5-17)23-14/h3-4,10-15,17-20H,5H2,1-2H3/t10-,11+,12-,13+,14-/m1/s1. The highest BCUT2D eigenvalue weighted by atomic mass is 16.6. The van der Waals surface area contributed by atoms with Crippen LogP contribution >= 0.6 is 0 Å². The van der Waals surface area contributed by atoms with Crippen LogP contribution in [-0.2, 0) is 4.74 Å². The van der Waals surface area contributed by atoms with E-state index in [0.29, 0.717) is 0 Å². The molecule has 0 amide bonds. The first-order valence-corrected chi connectivity index (χ1v) is 7.09. The minimum absolute atomic E-state index is 0.113. The number of hydrogen-bond donors (Lipinski definition) is 5. The largest absolute Gasteiger partial charge is 0.394 e. The Labute approximate surface area is 132 Å². The Balaban J connectivity index is 2.30. The normalized spacial score (nSPS) is 31.0. The summed E-state index contributed by atoms with van der Waals surface area (Å²) in [5.74, 6) is 0. The zero-order valence-electron chi connectivity index (χ0n) is 12.7. The summed E-state index contributed by atoms with van der Waals surface area (Å²) in [6, 6.07) is 2.93. The van der Waals surface area contributed by atoms with Crippen LogP contribution < -0.4 is 5.32 Å². The van der Waals surface area contributed by atoms with Crippen molar-refractivity contribution in [2.45, 2.75) is 44.5 Å². The van der Waals surface area contributed by atoms with Gasteiger partial charge in [0.25, 0.3) is 5.69 Å². The van der Waals surface area contributed by atoms with Crippen LogP contribution in [0.1, 0.15) is 11.1 Å². The van der Waals surface area contributed by atoms with Crippen LogP contribution in [0, 0.1) is 24.0 Å². The van der Waals surface area contributed by atoms with Crippen LogP contribution in [0.2, 0.25) is 0 Å². The third kappa shape index (κ3) is 3.43. The van der Waals surface area contributed by atoms with Gasteiger partial charge in [0.1, 0.15) is 30.1 Å². The van der Waals surface area contributed by atoms with Crippen molar-refractivity contribution in [3.8, 4) is 0 Å². The predicted molar refractivity (Wildman–Crippen MR) is 80.0 cm³/mol. The summed E-state index contributed by atoms with van der Waals surface area (Å²) < 4.78 is 5.30. The van der Waals surface area contributed by atoms with Crippen molar-refractivity contribution < 1.29 is 30.1 Å². The van der Waals surface area contributed by atoms with Gasteiger partial charge in [-0.05, 0) is 31.0 Å². The van der Waals surface area contributed by atoms with Gasteiger partial charge >= 0.3 is 0 Å². The fourth-order valence-corrected chi connectivity index (χ4v) is 2.44. The summed E-state index contributed by atoms with van der Waals surface area (Å²) >= 11 is 0. The molecule has 2 rings (SSSR count). The Kier molecular flexibility index (Phi) is 5.17. The molecule has 1 aromatic rings. The molecule has 1 aromatic carbocycles. The molecule has 0 saturated carbocycles. The van der Waals surface area contributed by atoms with Crippen molar-refractivity contribution >= 4 is 11.4 Å². The maximum absolute atomic E-state index is 11.2. The molecule has 0 spiro atoms. The minimum atomic E-state index is -1.55. The number of aliphatic hydroxyl groups excluding tert-OH is 4. The lowest BCUT2D eigenvalue weighted by atomic mass is 9.98. The second kappa shape index (κ2) is 6.77. The summed E-state index contributed by atoms with van der Waals surface area (Å²) in [7, 11) is 0. The third-order valence-electron chi connectivity index (χ3n) is 4.00. The van der Waals surface area contributed by atoms with Gasteiger partial charge in [0.05, 0.1) is 11.5 Å². The monoisotopic (exact) mass is 328 g/mol. The fourth-order valence-electron chi connectivity index (χ4n) is 2.44. The number of aryl methyl sites for hydroxylation is 2. The number of aliphatic hydroxyl groups is 4. The average Bonchev–Trinajstić information content (AvgIpc) is 2.50. The van der Waals surface area contributed by atoms with Crippen LogP contribution in [-0.4, -0.2) is 62.6 Å². The minimum Gasteiger partial charge on any atom is -0.394 e. The van der Waals surface area contributed by atoms with E-state index in [1.807, 2.05) is 0 Å². The number of nitrogens with one attached hydrogen (secondary N) is 1. The zero-order chi connectivity index (χ0) is 17.3. The molecular formula is C14H20N2O7. The molecule has 23 heavy (non-hydrogen) atoms. The first-order chi connectivity index (χ1) is 10.8. The number of rotatable bonds is 4. The molecule has 1 aliphatic heterocycles. The highest BCUT2D eigenvalue weighted by Crippen LogP contribution is 2.31. The summed E-state index contributed by atoms with van der Waals surface area (Å²) in [5, 5.41) is 52.5. The van der Waals surface area contributed by atoms with E-state index < -0.39 is 42.2 Å². The highest BCUT2D eigenvalue weighted by molar-refractivity contribution is 5.64. The Bertz CT molecular complexity index is 593. The lowest BCUT2D eigenvalue weighted by molar-refractivity contribution is -0.384. The lowest BCUT2D eigenvalue weighted by Gasteiger charge is -2.40. The molecule has 0 aliphatic carbocycles.